The van der Waals surface area contributed by atoms with Crippen LogP contribution < -0.4 is 0 Å². The molecule has 158 valence electrons. The molecule has 6 rings (SSSR count). The molecule has 0 spiro atoms. The van der Waals surface area contributed by atoms with Crippen LogP contribution in [0, 0.1) is 13.8 Å². The maximum absolute atomic E-state index is 2.46. The number of hydrogen-bond acceptors (Lipinski definition) is 0. The lowest BCUT2D eigenvalue weighted by Crippen LogP contribution is -1.97. The van der Waals surface area contributed by atoms with Gasteiger partial charge in [0.05, 0.1) is 11.0 Å². The summed E-state index contributed by atoms with van der Waals surface area (Å²) in [5.74, 6) is 0. The van der Waals surface area contributed by atoms with E-state index in [9.17, 15) is 0 Å². The van der Waals surface area contributed by atoms with Gasteiger partial charge in [0.25, 0.3) is 0 Å². The fourth-order valence-corrected chi connectivity index (χ4v) is 5.06. The van der Waals surface area contributed by atoms with Crippen molar-refractivity contribution in [1.82, 2.24) is 4.57 Å². The third kappa shape index (κ3) is 3.08. The first-order chi connectivity index (χ1) is 16.2. The molecule has 0 amide bonds. The number of fused-ring (bicyclic) bond motifs is 3. The molecule has 0 saturated heterocycles. The zero-order chi connectivity index (χ0) is 22.4. The Kier molecular flexibility index (Phi) is 4.62. The van der Waals surface area contributed by atoms with Crippen molar-refractivity contribution in [3.05, 3.63) is 126 Å². The number of para-hydroxylation sites is 3. The highest BCUT2D eigenvalue weighted by Gasteiger charge is 2.19. The lowest BCUT2D eigenvalue weighted by atomic mass is 9.95. The lowest BCUT2D eigenvalue weighted by Gasteiger charge is -2.15. The van der Waals surface area contributed by atoms with Crippen molar-refractivity contribution in [2.24, 2.45) is 0 Å². The van der Waals surface area contributed by atoms with Crippen molar-refractivity contribution in [1.29, 1.82) is 0 Å². The highest BCUT2D eigenvalue weighted by molar-refractivity contribution is 6.17. The van der Waals surface area contributed by atoms with Crippen LogP contribution in [0.1, 0.15) is 11.1 Å². The highest BCUT2D eigenvalue weighted by atomic mass is 15.0. The van der Waals surface area contributed by atoms with Crippen molar-refractivity contribution in [3.63, 3.8) is 0 Å². The highest BCUT2D eigenvalue weighted by Crippen LogP contribution is 2.42. The van der Waals surface area contributed by atoms with Gasteiger partial charge in [-0.1, -0.05) is 103 Å². The molecule has 0 unspecified atom stereocenters. The molecular weight excluding hydrogens is 398 g/mol. The van der Waals surface area contributed by atoms with Gasteiger partial charge < -0.3 is 4.57 Å². The Morgan fingerprint density at radius 3 is 1.70 bits per heavy atom. The van der Waals surface area contributed by atoms with Crippen LogP contribution in [0.4, 0.5) is 0 Å². The van der Waals surface area contributed by atoms with Crippen molar-refractivity contribution in [2.45, 2.75) is 13.8 Å². The second kappa shape index (κ2) is 7.79. The van der Waals surface area contributed by atoms with Gasteiger partial charge in [-0.2, -0.15) is 0 Å². The molecule has 0 aliphatic heterocycles. The molecule has 0 atom stereocenters. The minimum absolute atomic E-state index is 1.18. The Bertz CT molecular complexity index is 1610. The molecule has 6 aromatic rings. The van der Waals surface area contributed by atoms with Crippen LogP contribution in [-0.4, -0.2) is 4.57 Å². The van der Waals surface area contributed by atoms with Gasteiger partial charge in [-0.15, -0.1) is 0 Å². The Morgan fingerprint density at radius 1 is 0.455 bits per heavy atom. The van der Waals surface area contributed by atoms with Gasteiger partial charge in [0.15, 0.2) is 0 Å². The molecule has 5 aromatic carbocycles. The SMILES string of the molecule is Cc1cccc(-c2cccc3c4cccc(-c5ccccc5)c4n(-c4ccccc4)c23)c1C. The Balaban J connectivity index is 1.83. The summed E-state index contributed by atoms with van der Waals surface area (Å²) in [6.07, 6.45) is 0. The Morgan fingerprint density at radius 2 is 1.00 bits per heavy atom. The van der Waals surface area contributed by atoms with Crippen molar-refractivity contribution in [2.75, 3.05) is 0 Å². The van der Waals surface area contributed by atoms with Crippen LogP contribution in [0.5, 0.6) is 0 Å². The summed E-state index contributed by atoms with van der Waals surface area (Å²) >= 11 is 0. The van der Waals surface area contributed by atoms with Gasteiger partial charge in [-0.3, -0.25) is 0 Å². The van der Waals surface area contributed by atoms with Gasteiger partial charge in [0.2, 0.25) is 0 Å². The molecule has 1 nitrogen and oxygen atoms in total. The summed E-state index contributed by atoms with van der Waals surface area (Å²) in [5.41, 5.74) is 11.4. The molecule has 1 aromatic heterocycles. The summed E-state index contributed by atoms with van der Waals surface area (Å²) in [4.78, 5) is 0. The maximum Gasteiger partial charge on any atom is 0.0619 e. The van der Waals surface area contributed by atoms with E-state index >= 15 is 0 Å². The minimum atomic E-state index is 1.18. The fourth-order valence-electron chi connectivity index (χ4n) is 5.06. The average molecular weight is 424 g/mol. The van der Waals surface area contributed by atoms with Crippen LogP contribution in [0.15, 0.2) is 115 Å². The molecule has 33 heavy (non-hydrogen) atoms. The minimum Gasteiger partial charge on any atom is -0.308 e. The largest absolute Gasteiger partial charge is 0.308 e. The summed E-state index contributed by atoms with van der Waals surface area (Å²) in [6.45, 7) is 4.42. The second-order valence-corrected chi connectivity index (χ2v) is 8.69. The van der Waals surface area contributed by atoms with Crippen molar-refractivity contribution < 1.29 is 0 Å². The van der Waals surface area contributed by atoms with Crippen LogP contribution >= 0.6 is 0 Å². The second-order valence-electron chi connectivity index (χ2n) is 8.69. The predicted molar refractivity (Wildman–Crippen MR) is 141 cm³/mol. The lowest BCUT2D eigenvalue weighted by molar-refractivity contribution is 1.18. The van der Waals surface area contributed by atoms with Gasteiger partial charge in [-0.05, 0) is 48.2 Å². The molecule has 0 fully saturated rings. The first-order valence-electron chi connectivity index (χ1n) is 11.5. The van der Waals surface area contributed by atoms with Crippen molar-refractivity contribution in [3.8, 4) is 27.9 Å². The Hall–Kier alpha value is -4.10. The molecule has 0 aliphatic rings. The van der Waals surface area contributed by atoms with E-state index in [2.05, 4.69) is 134 Å². The zero-order valence-electron chi connectivity index (χ0n) is 18.9. The zero-order valence-corrected chi connectivity index (χ0v) is 18.9. The van der Waals surface area contributed by atoms with E-state index in [-0.39, 0.29) is 0 Å². The van der Waals surface area contributed by atoms with Crippen LogP contribution in [0.2, 0.25) is 0 Å². The number of nitrogens with zero attached hydrogens (tertiary/aromatic N) is 1. The molecular formula is C32H25N. The van der Waals surface area contributed by atoms with E-state index in [4.69, 9.17) is 0 Å². The van der Waals surface area contributed by atoms with Gasteiger partial charge in [0.1, 0.15) is 0 Å². The quantitative estimate of drug-likeness (QED) is 0.268. The molecule has 0 aliphatic carbocycles. The van der Waals surface area contributed by atoms with E-state index in [1.54, 1.807) is 0 Å². The smallest absolute Gasteiger partial charge is 0.0619 e. The molecule has 0 saturated carbocycles. The van der Waals surface area contributed by atoms with E-state index in [1.165, 1.54) is 60.9 Å². The van der Waals surface area contributed by atoms with Crippen LogP contribution in [-0.2, 0) is 0 Å². The molecule has 0 radical (unpaired) electrons. The van der Waals surface area contributed by atoms with Crippen LogP contribution in [0.25, 0.3) is 49.7 Å². The van der Waals surface area contributed by atoms with Gasteiger partial charge in [0, 0.05) is 27.6 Å². The van der Waals surface area contributed by atoms with E-state index in [0.717, 1.165) is 0 Å². The average Bonchev–Trinajstić information content (AvgIpc) is 3.22. The topological polar surface area (TPSA) is 4.93 Å². The number of rotatable bonds is 3. The monoisotopic (exact) mass is 423 g/mol. The summed E-state index contributed by atoms with van der Waals surface area (Å²) in [6, 6.07) is 41.5. The molecule has 0 bridgehead atoms. The van der Waals surface area contributed by atoms with E-state index in [0.29, 0.717) is 0 Å². The number of aryl methyl sites for hydroxylation is 1. The summed E-state index contributed by atoms with van der Waals surface area (Å²) < 4.78 is 2.46. The summed E-state index contributed by atoms with van der Waals surface area (Å²) in [7, 11) is 0. The molecule has 1 heterocycles. The number of benzene rings is 5. The van der Waals surface area contributed by atoms with Crippen LogP contribution in [0.3, 0.4) is 0 Å². The standard InChI is InChI=1S/C32H25N/c1-22-12-9-17-26(23(22)2)28-19-11-21-30-29-20-10-18-27(24-13-5-3-6-14-24)31(29)33(32(28)30)25-15-7-4-8-16-25/h3-21H,1-2H3. The Labute approximate surface area is 194 Å². The van der Waals surface area contributed by atoms with E-state index < -0.39 is 0 Å². The van der Waals surface area contributed by atoms with Gasteiger partial charge in [-0.25, -0.2) is 0 Å². The summed E-state index contributed by atoms with van der Waals surface area (Å²) in [5, 5.41) is 2.56. The molecule has 0 N–H and O–H groups in total. The first kappa shape index (κ1) is 19.6. The maximum atomic E-state index is 2.46. The molecule has 1 heteroatoms. The third-order valence-corrected chi connectivity index (χ3v) is 6.80. The first-order valence-corrected chi connectivity index (χ1v) is 11.5. The normalized spacial score (nSPS) is 11.3. The number of aromatic nitrogens is 1. The predicted octanol–water partition coefficient (Wildman–Crippen LogP) is 8.73. The third-order valence-electron chi connectivity index (χ3n) is 6.80. The van der Waals surface area contributed by atoms with Gasteiger partial charge >= 0.3 is 0 Å². The fraction of sp³-hybridized carbons (Fsp3) is 0.0625. The van der Waals surface area contributed by atoms with E-state index in [1.807, 2.05) is 0 Å². The number of hydrogen-bond donors (Lipinski definition) is 0. The van der Waals surface area contributed by atoms with Crippen molar-refractivity contribution >= 4 is 21.8 Å².